The molecule has 0 amide bonds. The van der Waals surface area contributed by atoms with Gasteiger partial charge in [-0.05, 0) is 56.7 Å². The van der Waals surface area contributed by atoms with Crippen LogP contribution in [0.3, 0.4) is 0 Å². The van der Waals surface area contributed by atoms with Crippen molar-refractivity contribution in [2.24, 2.45) is 0 Å². The van der Waals surface area contributed by atoms with Crippen LogP contribution in [0.15, 0.2) is 53.7 Å². The number of halogens is 3. The second-order valence-electron chi connectivity index (χ2n) is 7.81. The number of aromatic nitrogens is 3. The van der Waals surface area contributed by atoms with E-state index >= 15 is 0 Å². The molecule has 1 aromatic carbocycles. The predicted molar refractivity (Wildman–Crippen MR) is 107 cm³/mol. The van der Waals surface area contributed by atoms with Crippen molar-refractivity contribution in [1.29, 1.82) is 0 Å². The van der Waals surface area contributed by atoms with E-state index in [0.717, 1.165) is 27.5 Å². The molecule has 0 spiro atoms. The number of ether oxygens (including phenoxy) is 2. The van der Waals surface area contributed by atoms with Crippen molar-refractivity contribution in [1.82, 2.24) is 14.1 Å². The first kappa shape index (κ1) is 22.9. The van der Waals surface area contributed by atoms with Gasteiger partial charge in [0.1, 0.15) is 11.4 Å². The topological polar surface area (TPSA) is 95.6 Å². The van der Waals surface area contributed by atoms with Crippen molar-refractivity contribution in [2.75, 3.05) is 0 Å². The summed E-state index contributed by atoms with van der Waals surface area (Å²) in [7, 11) is 0. The first-order valence-corrected chi connectivity index (χ1v) is 9.37. The third-order valence-electron chi connectivity index (χ3n) is 4.14. The maximum absolute atomic E-state index is 12.8. The maximum atomic E-state index is 12.8. The summed E-state index contributed by atoms with van der Waals surface area (Å²) in [4.78, 5) is 29.3. The minimum atomic E-state index is -4.85. The molecule has 32 heavy (non-hydrogen) atoms. The maximum Gasteiger partial charge on any atom is 0.573 e. The molecule has 11 heteroatoms. The van der Waals surface area contributed by atoms with Crippen molar-refractivity contribution in [3.8, 4) is 17.3 Å². The lowest BCUT2D eigenvalue weighted by Gasteiger charge is -2.20. The highest BCUT2D eigenvalue weighted by atomic mass is 19.4. The molecule has 0 saturated heterocycles. The predicted octanol–water partition coefficient (Wildman–Crippen LogP) is 3.64. The van der Waals surface area contributed by atoms with Crippen LogP contribution in [0.5, 0.6) is 11.6 Å². The fourth-order valence-corrected chi connectivity index (χ4v) is 2.89. The average Bonchev–Trinajstić information content (AvgIpc) is 2.93. The standard InChI is InChI=1S/C21H20F3N3O5/c1-20(2,3)32-18(29)16-10-25-9-8-13(16)11-26-12-17(28)27(19(26)30)14-4-6-15(7-5-14)31-21(22,23)24/h4-10,12,28H,11H2,1-3H3. The fourth-order valence-electron chi connectivity index (χ4n) is 2.89. The first-order valence-electron chi connectivity index (χ1n) is 9.37. The number of nitrogens with zero attached hydrogens (tertiary/aromatic N) is 3. The Labute approximate surface area is 180 Å². The Bertz CT molecular complexity index is 1180. The van der Waals surface area contributed by atoms with Crippen LogP contribution in [0.2, 0.25) is 0 Å². The first-order chi connectivity index (χ1) is 14.8. The molecule has 1 N–H and O–H groups in total. The molecular weight excluding hydrogens is 431 g/mol. The van der Waals surface area contributed by atoms with Crippen LogP contribution in [-0.2, 0) is 11.3 Å². The summed E-state index contributed by atoms with van der Waals surface area (Å²) in [6.45, 7) is 5.07. The third kappa shape index (κ3) is 5.48. The Morgan fingerprint density at radius 3 is 2.38 bits per heavy atom. The van der Waals surface area contributed by atoms with Gasteiger partial charge in [-0.1, -0.05) is 0 Å². The zero-order valence-electron chi connectivity index (χ0n) is 17.4. The van der Waals surface area contributed by atoms with Gasteiger partial charge in [0.15, 0.2) is 0 Å². The monoisotopic (exact) mass is 451 g/mol. The normalized spacial score (nSPS) is 11.9. The highest BCUT2D eigenvalue weighted by Crippen LogP contribution is 2.25. The molecule has 3 aromatic rings. The number of carbonyl (C=O) groups is 1. The molecule has 2 aromatic heterocycles. The quantitative estimate of drug-likeness (QED) is 0.595. The average molecular weight is 451 g/mol. The second kappa shape index (κ2) is 8.40. The lowest BCUT2D eigenvalue weighted by molar-refractivity contribution is -0.274. The Balaban J connectivity index is 1.90. The van der Waals surface area contributed by atoms with Gasteiger partial charge in [-0.3, -0.25) is 9.55 Å². The van der Waals surface area contributed by atoms with E-state index in [1.54, 1.807) is 26.8 Å². The number of benzene rings is 1. The van der Waals surface area contributed by atoms with Crippen LogP contribution in [0, 0.1) is 0 Å². The van der Waals surface area contributed by atoms with Gasteiger partial charge in [-0.2, -0.15) is 0 Å². The highest BCUT2D eigenvalue weighted by molar-refractivity contribution is 5.91. The molecule has 8 nitrogen and oxygen atoms in total. The van der Waals surface area contributed by atoms with E-state index in [2.05, 4.69) is 9.72 Å². The van der Waals surface area contributed by atoms with Gasteiger partial charge >= 0.3 is 18.0 Å². The van der Waals surface area contributed by atoms with Crippen LogP contribution in [0.25, 0.3) is 5.69 Å². The summed E-state index contributed by atoms with van der Waals surface area (Å²) in [5.74, 6) is -1.52. The number of hydrogen-bond donors (Lipinski definition) is 1. The number of alkyl halides is 3. The van der Waals surface area contributed by atoms with Gasteiger partial charge in [0.05, 0.1) is 24.0 Å². The number of hydrogen-bond acceptors (Lipinski definition) is 6. The van der Waals surface area contributed by atoms with Gasteiger partial charge in [0, 0.05) is 12.4 Å². The van der Waals surface area contributed by atoms with Crippen molar-refractivity contribution in [3.05, 3.63) is 70.5 Å². The number of pyridine rings is 1. The lowest BCUT2D eigenvalue weighted by Crippen LogP contribution is -2.26. The number of rotatable bonds is 5. The van der Waals surface area contributed by atoms with Crippen molar-refractivity contribution >= 4 is 5.97 Å². The fraction of sp³-hybridized carbons (Fsp3) is 0.286. The van der Waals surface area contributed by atoms with Crippen molar-refractivity contribution in [2.45, 2.75) is 39.3 Å². The van der Waals surface area contributed by atoms with E-state index in [1.165, 1.54) is 24.5 Å². The molecule has 0 saturated carbocycles. The van der Waals surface area contributed by atoms with Crippen LogP contribution in [0.4, 0.5) is 13.2 Å². The molecular formula is C21H20F3N3O5. The second-order valence-corrected chi connectivity index (χ2v) is 7.81. The molecule has 170 valence electrons. The SMILES string of the molecule is CC(C)(C)OC(=O)c1cnccc1Cn1cc(O)n(-c2ccc(OC(F)(F)F)cc2)c1=O. The zero-order chi connectivity index (χ0) is 23.7. The van der Waals surface area contributed by atoms with Crippen LogP contribution >= 0.6 is 0 Å². The molecule has 0 fully saturated rings. The Kier molecular flexibility index (Phi) is 6.02. The van der Waals surface area contributed by atoms with E-state index in [-0.39, 0.29) is 17.8 Å². The van der Waals surface area contributed by atoms with E-state index in [0.29, 0.717) is 5.56 Å². The summed E-state index contributed by atoms with van der Waals surface area (Å²) in [6, 6.07) is 5.99. The molecule has 3 rings (SSSR count). The summed E-state index contributed by atoms with van der Waals surface area (Å²) in [6.07, 6.45) is -0.920. The van der Waals surface area contributed by atoms with E-state index in [1.807, 2.05) is 0 Å². The number of esters is 1. The molecule has 2 heterocycles. The Hall–Kier alpha value is -3.76. The highest BCUT2D eigenvalue weighted by Gasteiger charge is 2.31. The van der Waals surface area contributed by atoms with E-state index in [4.69, 9.17) is 4.74 Å². The van der Waals surface area contributed by atoms with Crippen molar-refractivity contribution in [3.63, 3.8) is 0 Å². The molecule has 0 aliphatic rings. The summed E-state index contributed by atoms with van der Waals surface area (Å²) in [5.41, 5.74) is -0.676. The summed E-state index contributed by atoms with van der Waals surface area (Å²) < 4.78 is 48.2. The van der Waals surface area contributed by atoms with E-state index in [9.17, 15) is 27.9 Å². The Morgan fingerprint density at radius 1 is 1.12 bits per heavy atom. The van der Waals surface area contributed by atoms with Crippen LogP contribution in [-0.4, -0.2) is 37.2 Å². The molecule has 0 atom stereocenters. The van der Waals surface area contributed by atoms with Gasteiger partial charge in [0.2, 0.25) is 5.88 Å². The van der Waals surface area contributed by atoms with Crippen LogP contribution < -0.4 is 10.4 Å². The minimum absolute atomic E-state index is 0.0776. The molecule has 0 unspecified atom stereocenters. The Morgan fingerprint density at radius 2 is 1.78 bits per heavy atom. The van der Waals surface area contributed by atoms with E-state index < -0.39 is 35.3 Å². The van der Waals surface area contributed by atoms with Crippen LogP contribution in [0.1, 0.15) is 36.7 Å². The lowest BCUT2D eigenvalue weighted by atomic mass is 10.1. The summed E-state index contributed by atoms with van der Waals surface area (Å²) >= 11 is 0. The van der Waals surface area contributed by atoms with Gasteiger partial charge in [-0.15, -0.1) is 13.2 Å². The van der Waals surface area contributed by atoms with Gasteiger partial charge < -0.3 is 14.6 Å². The molecule has 0 aliphatic heterocycles. The largest absolute Gasteiger partial charge is 0.573 e. The summed E-state index contributed by atoms with van der Waals surface area (Å²) in [5, 5.41) is 10.3. The van der Waals surface area contributed by atoms with Crippen molar-refractivity contribution < 1.29 is 32.5 Å². The molecule has 0 aliphatic carbocycles. The smallest absolute Gasteiger partial charge is 0.493 e. The zero-order valence-corrected chi connectivity index (χ0v) is 17.4. The molecule has 0 bridgehead atoms. The molecule has 0 radical (unpaired) electrons. The van der Waals surface area contributed by atoms with Gasteiger partial charge in [0.25, 0.3) is 0 Å². The number of carbonyl (C=O) groups excluding carboxylic acids is 1. The minimum Gasteiger partial charge on any atom is -0.493 e. The number of imidazole rings is 1. The van der Waals surface area contributed by atoms with Gasteiger partial charge in [-0.25, -0.2) is 14.2 Å². The third-order valence-corrected chi connectivity index (χ3v) is 4.14. The number of aromatic hydroxyl groups is 1.